The molecule has 164 valence electrons. The zero-order chi connectivity index (χ0) is 23.4. The van der Waals surface area contributed by atoms with Crippen LogP contribution in [-0.4, -0.2) is 18.1 Å². The molecule has 1 amide bonds. The Morgan fingerprint density at radius 3 is 2.45 bits per heavy atom. The van der Waals surface area contributed by atoms with Gasteiger partial charge in [0.05, 0.1) is 22.4 Å². The number of halogens is 2. The molecule has 33 heavy (non-hydrogen) atoms. The van der Waals surface area contributed by atoms with Crippen molar-refractivity contribution in [3.05, 3.63) is 111 Å². The van der Waals surface area contributed by atoms with Crippen LogP contribution in [0.5, 0.6) is 5.75 Å². The monoisotopic (exact) mass is 476 g/mol. The first-order chi connectivity index (χ1) is 15.9. The number of aryl methyl sites for hydroxylation is 1. The molecule has 0 unspecified atom stereocenters. The number of hydrogen-bond acceptors (Lipinski definition) is 4. The second-order valence-electron chi connectivity index (χ2n) is 7.28. The van der Waals surface area contributed by atoms with E-state index in [4.69, 9.17) is 27.9 Å². The van der Waals surface area contributed by atoms with E-state index in [0.29, 0.717) is 21.9 Å². The van der Waals surface area contributed by atoms with Crippen molar-refractivity contribution in [3.63, 3.8) is 0 Å². The summed E-state index contributed by atoms with van der Waals surface area (Å²) in [6.07, 6.45) is 1.45. The van der Waals surface area contributed by atoms with Crippen molar-refractivity contribution < 1.29 is 14.3 Å². The van der Waals surface area contributed by atoms with E-state index in [1.807, 2.05) is 49.4 Å². The van der Waals surface area contributed by atoms with Crippen molar-refractivity contribution in [1.82, 2.24) is 5.43 Å². The Morgan fingerprint density at radius 2 is 1.70 bits per heavy atom. The topological polar surface area (TPSA) is 67.8 Å². The van der Waals surface area contributed by atoms with E-state index in [-0.39, 0.29) is 10.6 Å². The van der Waals surface area contributed by atoms with Crippen LogP contribution >= 0.6 is 23.2 Å². The molecule has 0 saturated carbocycles. The molecule has 0 fully saturated rings. The molecule has 5 nitrogen and oxygen atoms in total. The number of hydrazone groups is 1. The lowest BCUT2D eigenvalue weighted by Gasteiger charge is -2.11. The maximum atomic E-state index is 12.7. The molecule has 4 aromatic carbocycles. The highest BCUT2D eigenvalue weighted by Crippen LogP contribution is 2.27. The predicted molar refractivity (Wildman–Crippen MR) is 132 cm³/mol. The Hall–Kier alpha value is -3.67. The van der Waals surface area contributed by atoms with E-state index < -0.39 is 11.9 Å². The zero-order valence-corrected chi connectivity index (χ0v) is 19.0. The Kier molecular flexibility index (Phi) is 6.73. The van der Waals surface area contributed by atoms with Crippen LogP contribution in [0, 0.1) is 6.92 Å². The number of ether oxygens (including phenoxy) is 1. The third-order valence-electron chi connectivity index (χ3n) is 4.96. The van der Waals surface area contributed by atoms with Gasteiger partial charge >= 0.3 is 5.97 Å². The van der Waals surface area contributed by atoms with Gasteiger partial charge in [-0.1, -0.05) is 71.2 Å². The number of carbonyl (C=O) groups excluding carboxylic acids is 2. The van der Waals surface area contributed by atoms with Crippen LogP contribution in [-0.2, 0) is 0 Å². The molecule has 0 aliphatic rings. The molecule has 0 aliphatic carbocycles. The second-order valence-corrected chi connectivity index (χ2v) is 8.12. The fourth-order valence-corrected chi connectivity index (χ4v) is 3.73. The standard InChI is InChI=1S/C26H18Cl2N2O3/c1-16-6-8-18(9-7-16)26(32)33-24-13-10-17-4-2-3-5-20(17)22(24)15-29-30-25(31)21-12-11-19(27)14-23(21)28/h2-15H,1H3,(H,30,31). The van der Waals surface area contributed by atoms with Gasteiger partial charge in [0, 0.05) is 10.6 Å². The molecule has 1 N–H and O–H groups in total. The number of fused-ring (bicyclic) bond motifs is 1. The van der Waals surface area contributed by atoms with E-state index in [2.05, 4.69) is 10.5 Å². The molecule has 0 saturated heterocycles. The summed E-state index contributed by atoms with van der Waals surface area (Å²) < 4.78 is 5.68. The molecule has 0 bridgehead atoms. The van der Waals surface area contributed by atoms with Crippen molar-refractivity contribution in [3.8, 4) is 5.75 Å². The average Bonchev–Trinajstić information content (AvgIpc) is 2.80. The van der Waals surface area contributed by atoms with Gasteiger partial charge in [-0.15, -0.1) is 0 Å². The minimum Gasteiger partial charge on any atom is -0.422 e. The van der Waals surface area contributed by atoms with Gasteiger partial charge in [0.15, 0.2) is 0 Å². The van der Waals surface area contributed by atoms with Gasteiger partial charge in [0.1, 0.15) is 5.75 Å². The summed E-state index contributed by atoms with van der Waals surface area (Å²) in [5.74, 6) is -0.662. The fraction of sp³-hybridized carbons (Fsp3) is 0.0385. The molecular weight excluding hydrogens is 459 g/mol. The lowest BCUT2D eigenvalue weighted by Crippen LogP contribution is -2.18. The Bertz CT molecular complexity index is 1380. The van der Waals surface area contributed by atoms with E-state index in [0.717, 1.165) is 16.3 Å². The van der Waals surface area contributed by atoms with Crippen molar-refractivity contribution in [2.24, 2.45) is 5.10 Å². The number of amides is 1. The summed E-state index contributed by atoms with van der Waals surface area (Å²) >= 11 is 12.0. The maximum absolute atomic E-state index is 12.7. The minimum absolute atomic E-state index is 0.216. The quantitative estimate of drug-likeness (QED) is 0.156. The van der Waals surface area contributed by atoms with Gasteiger partial charge in [-0.2, -0.15) is 5.10 Å². The number of nitrogens with zero attached hydrogens (tertiary/aromatic N) is 1. The highest BCUT2D eigenvalue weighted by Gasteiger charge is 2.14. The van der Waals surface area contributed by atoms with E-state index >= 15 is 0 Å². The van der Waals surface area contributed by atoms with Crippen LogP contribution in [0.25, 0.3) is 10.8 Å². The van der Waals surface area contributed by atoms with Crippen LogP contribution in [0.3, 0.4) is 0 Å². The highest BCUT2D eigenvalue weighted by atomic mass is 35.5. The number of carbonyl (C=O) groups is 2. The highest BCUT2D eigenvalue weighted by molar-refractivity contribution is 6.36. The van der Waals surface area contributed by atoms with Crippen molar-refractivity contribution in [2.75, 3.05) is 0 Å². The molecular formula is C26H18Cl2N2O3. The van der Waals surface area contributed by atoms with Crippen LogP contribution in [0.4, 0.5) is 0 Å². The Morgan fingerprint density at radius 1 is 0.939 bits per heavy atom. The third-order valence-corrected chi connectivity index (χ3v) is 5.50. The summed E-state index contributed by atoms with van der Waals surface area (Å²) in [7, 11) is 0. The predicted octanol–water partition coefficient (Wildman–Crippen LogP) is 6.44. The van der Waals surface area contributed by atoms with Gasteiger partial charge in [-0.05, 0) is 54.1 Å². The Balaban J connectivity index is 1.63. The smallest absolute Gasteiger partial charge is 0.343 e. The molecule has 0 aliphatic heterocycles. The molecule has 4 rings (SSSR count). The fourth-order valence-electron chi connectivity index (χ4n) is 3.24. The zero-order valence-electron chi connectivity index (χ0n) is 17.5. The SMILES string of the molecule is Cc1ccc(C(=O)Oc2ccc3ccccc3c2C=NNC(=O)c2ccc(Cl)cc2Cl)cc1. The lowest BCUT2D eigenvalue weighted by atomic mass is 10.0. The molecule has 4 aromatic rings. The maximum Gasteiger partial charge on any atom is 0.343 e. The molecule has 0 aromatic heterocycles. The van der Waals surface area contributed by atoms with E-state index in [9.17, 15) is 9.59 Å². The number of esters is 1. The summed E-state index contributed by atoms with van der Waals surface area (Å²) in [6, 6.07) is 22.8. The van der Waals surface area contributed by atoms with Crippen molar-refractivity contribution >= 4 is 52.1 Å². The van der Waals surface area contributed by atoms with E-state index in [1.165, 1.54) is 18.3 Å². The number of rotatable bonds is 5. The van der Waals surface area contributed by atoms with Crippen LogP contribution in [0.2, 0.25) is 10.0 Å². The second kappa shape index (κ2) is 9.86. The molecule has 7 heteroatoms. The van der Waals surface area contributed by atoms with Gasteiger partial charge < -0.3 is 4.74 Å². The lowest BCUT2D eigenvalue weighted by molar-refractivity contribution is 0.0734. The first kappa shape index (κ1) is 22.5. The van der Waals surface area contributed by atoms with Crippen LogP contribution in [0.15, 0.2) is 84.0 Å². The summed E-state index contributed by atoms with van der Waals surface area (Å²) in [5.41, 5.74) is 4.72. The number of hydrogen-bond donors (Lipinski definition) is 1. The molecule has 0 radical (unpaired) electrons. The molecule has 0 spiro atoms. The first-order valence-electron chi connectivity index (χ1n) is 10.0. The average molecular weight is 477 g/mol. The molecule has 0 atom stereocenters. The normalized spacial score (nSPS) is 11.0. The van der Waals surface area contributed by atoms with Crippen molar-refractivity contribution in [2.45, 2.75) is 6.92 Å². The van der Waals surface area contributed by atoms with Gasteiger partial charge in [0.25, 0.3) is 5.91 Å². The largest absolute Gasteiger partial charge is 0.422 e. The van der Waals surface area contributed by atoms with Gasteiger partial charge in [-0.25, -0.2) is 10.2 Å². The summed E-state index contributed by atoms with van der Waals surface area (Å²) in [5, 5.41) is 6.46. The summed E-state index contributed by atoms with van der Waals surface area (Å²) in [6.45, 7) is 1.94. The van der Waals surface area contributed by atoms with Gasteiger partial charge in [0.2, 0.25) is 0 Å². The Labute approximate surface area is 200 Å². The molecule has 0 heterocycles. The van der Waals surface area contributed by atoms with Crippen LogP contribution < -0.4 is 10.2 Å². The van der Waals surface area contributed by atoms with E-state index in [1.54, 1.807) is 24.3 Å². The van der Waals surface area contributed by atoms with Crippen molar-refractivity contribution in [1.29, 1.82) is 0 Å². The van der Waals surface area contributed by atoms with Crippen LogP contribution in [0.1, 0.15) is 31.8 Å². The minimum atomic E-state index is -0.494. The van der Waals surface area contributed by atoms with Gasteiger partial charge in [-0.3, -0.25) is 4.79 Å². The first-order valence-corrected chi connectivity index (χ1v) is 10.8. The third kappa shape index (κ3) is 5.22. The number of benzene rings is 4. The summed E-state index contributed by atoms with van der Waals surface area (Å²) in [4.78, 5) is 25.2. The number of nitrogens with one attached hydrogen (secondary N) is 1.